The zero-order chi connectivity index (χ0) is 8.55. The summed E-state index contributed by atoms with van der Waals surface area (Å²) in [6.45, 7) is 1.99. The largest absolute Gasteiger partial charge is 0.368 e. The van der Waals surface area contributed by atoms with E-state index in [1.54, 1.807) is 12.3 Å². The Labute approximate surface area is 69.2 Å². The van der Waals surface area contributed by atoms with Gasteiger partial charge in [0.25, 0.3) is 0 Å². The summed E-state index contributed by atoms with van der Waals surface area (Å²) in [5.41, 5.74) is 6.38. The van der Waals surface area contributed by atoms with Gasteiger partial charge in [0.05, 0.1) is 6.20 Å². The van der Waals surface area contributed by atoms with Gasteiger partial charge in [-0.1, -0.05) is 6.92 Å². The van der Waals surface area contributed by atoms with E-state index in [2.05, 4.69) is 15.1 Å². The molecule has 0 aliphatic carbocycles. The van der Waals surface area contributed by atoms with Crippen molar-refractivity contribution >= 4 is 11.6 Å². The molecule has 5 heteroatoms. The van der Waals surface area contributed by atoms with Crippen LogP contribution >= 0.6 is 0 Å². The van der Waals surface area contributed by atoms with E-state index in [-0.39, 0.29) is 0 Å². The van der Waals surface area contributed by atoms with Crippen molar-refractivity contribution in [2.75, 3.05) is 5.73 Å². The third kappa shape index (κ3) is 0.903. The number of nitrogen functional groups attached to an aromatic ring is 1. The maximum atomic E-state index is 5.63. The molecule has 62 valence electrons. The molecule has 5 nitrogen and oxygen atoms in total. The van der Waals surface area contributed by atoms with Crippen LogP contribution in [0.25, 0.3) is 5.65 Å². The Morgan fingerprint density at radius 1 is 1.50 bits per heavy atom. The summed E-state index contributed by atoms with van der Waals surface area (Å²) in [6, 6.07) is 1.80. The third-order valence-corrected chi connectivity index (χ3v) is 1.64. The first-order chi connectivity index (χ1) is 5.81. The number of hydrogen-bond acceptors (Lipinski definition) is 4. The Bertz CT molecular complexity index is 405. The van der Waals surface area contributed by atoms with E-state index in [9.17, 15) is 0 Å². The van der Waals surface area contributed by atoms with Crippen LogP contribution in [0.15, 0.2) is 12.3 Å². The number of rotatable bonds is 1. The van der Waals surface area contributed by atoms with Crippen LogP contribution in [-0.4, -0.2) is 19.6 Å². The molecule has 0 atom stereocenters. The first-order valence-corrected chi connectivity index (χ1v) is 3.77. The number of anilines is 1. The predicted octanol–water partition coefficient (Wildman–Crippen LogP) is 0.269. The Hall–Kier alpha value is -1.65. The van der Waals surface area contributed by atoms with Crippen molar-refractivity contribution in [2.24, 2.45) is 0 Å². The Morgan fingerprint density at radius 3 is 3.08 bits per heavy atom. The first-order valence-electron chi connectivity index (χ1n) is 3.77. The third-order valence-electron chi connectivity index (χ3n) is 1.64. The van der Waals surface area contributed by atoms with E-state index >= 15 is 0 Å². The molecule has 12 heavy (non-hydrogen) atoms. The fourth-order valence-corrected chi connectivity index (χ4v) is 1.05. The van der Waals surface area contributed by atoms with Gasteiger partial charge in [-0.25, -0.2) is 4.98 Å². The SMILES string of the molecule is CCc1nc(N)n2nccc2n1. The molecule has 0 aliphatic rings. The van der Waals surface area contributed by atoms with Crippen LogP contribution in [0.1, 0.15) is 12.7 Å². The number of aryl methyl sites for hydroxylation is 1. The molecule has 0 amide bonds. The molecule has 2 N–H and O–H groups in total. The van der Waals surface area contributed by atoms with Gasteiger partial charge in [-0.2, -0.15) is 14.6 Å². The van der Waals surface area contributed by atoms with E-state index in [4.69, 9.17) is 5.73 Å². The normalized spacial score (nSPS) is 10.8. The van der Waals surface area contributed by atoms with Crippen LogP contribution in [0.2, 0.25) is 0 Å². The minimum Gasteiger partial charge on any atom is -0.368 e. The molecule has 0 fully saturated rings. The summed E-state index contributed by atoms with van der Waals surface area (Å²) in [7, 11) is 0. The molecule has 0 bridgehead atoms. The fraction of sp³-hybridized carbons (Fsp3) is 0.286. The predicted molar refractivity (Wildman–Crippen MR) is 44.6 cm³/mol. The number of fused-ring (bicyclic) bond motifs is 1. The minimum atomic E-state index is 0.391. The van der Waals surface area contributed by atoms with Crippen molar-refractivity contribution in [3.05, 3.63) is 18.1 Å². The molecule has 2 aromatic rings. The summed E-state index contributed by atoms with van der Waals surface area (Å²) in [5, 5.41) is 3.96. The number of nitrogens with two attached hydrogens (primary N) is 1. The second kappa shape index (κ2) is 2.44. The molecule has 0 spiro atoms. The lowest BCUT2D eigenvalue weighted by atomic mass is 10.4. The second-order valence-electron chi connectivity index (χ2n) is 2.45. The lowest BCUT2D eigenvalue weighted by Crippen LogP contribution is -2.06. The minimum absolute atomic E-state index is 0.391. The average molecular weight is 163 g/mol. The monoisotopic (exact) mass is 163 g/mol. The van der Waals surface area contributed by atoms with Gasteiger partial charge in [0, 0.05) is 12.5 Å². The highest BCUT2D eigenvalue weighted by Gasteiger charge is 2.02. The molecular weight excluding hydrogens is 154 g/mol. The van der Waals surface area contributed by atoms with Gasteiger partial charge in [0.15, 0.2) is 5.65 Å². The zero-order valence-electron chi connectivity index (χ0n) is 6.73. The number of nitrogens with zero attached hydrogens (tertiary/aromatic N) is 4. The highest BCUT2D eigenvalue weighted by molar-refractivity contribution is 5.41. The Morgan fingerprint density at radius 2 is 2.33 bits per heavy atom. The Balaban J connectivity index is 2.75. The molecule has 2 rings (SSSR count). The van der Waals surface area contributed by atoms with Crippen molar-refractivity contribution in [3.8, 4) is 0 Å². The van der Waals surface area contributed by atoms with Crippen LogP contribution in [0.5, 0.6) is 0 Å². The van der Waals surface area contributed by atoms with Gasteiger partial charge >= 0.3 is 0 Å². The van der Waals surface area contributed by atoms with Crippen LogP contribution in [0.3, 0.4) is 0 Å². The Kier molecular flexibility index (Phi) is 1.43. The van der Waals surface area contributed by atoms with Crippen molar-refractivity contribution in [2.45, 2.75) is 13.3 Å². The molecule has 0 saturated heterocycles. The summed E-state index contributed by atoms with van der Waals surface area (Å²) in [5.74, 6) is 1.14. The standard InChI is InChI=1S/C7H9N5/c1-2-5-10-6-3-4-9-12(6)7(8)11-5/h3-4H,2H2,1H3,(H2,8,10,11). The van der Waals surface area contributed by atoms with Gasteiger partial charge in [-0.15, -0.1) is 0 Å². The van der Waals surface area contributed by atoms with Gasteiger partial charge < -0.3 is 5.73 Å². The van der Waals surface area contributed by atoms with E-state index in [1.807, 2.05) is 6.92 Å². The van der Waals surface area contributed by atoms with Crippen LogP contribution in [0, 0.1) is 0 Å². The van der Waals surface area contributed by atoms with Gasteiger partial charge in [-0.05, 0) is 0 Å². The van der Waals surface area contributed by atoms with Gasteiger partial charge in [0.2, 0.25) is 5.95 Å². The summed E-state index contributed by atoms with van der Waals surface area (Å²) in [6.07, 6.45) is 2.44. The van der Waals surface area contributed by atoms with Gasteiger partial charge in [0.1, 0.15) is 5.82 Å². The molecule has 2 heterocycles. The average Bonchev–Trinajstić information content (AvgIpc) is 2.52. The van der Waals surface area contributed by atoms with E-state index < -0.39 is 0 Å². The quantitative estimate of drug-likeness (QED) is 0.655. The van der Waals surface area contributed by atoms with Gasteiger partial charge in [-0.3, -0.25) is 0 Å². The maximum absolute atomic E-state index is 5.63. The molecular formula is C7H9N5. The summed E-state index contributed by atoms with van der Waals surface area (Å²) >= 11 is 0. The molecule has 0 aliphatic heterocycles. The molecule has 0 radical (unpaired) electrons. The maximum Gasteiger partial charge on any atom is 0.224 e. The van der Waals surface area contributed by atoms with E-state index in [0.717, 1.165) is 17.9 Å². The number of aromatic nitrogens is 4. The van der Waals surface area contributed by atoms with E-state index in [1.165, 1.54) is 4.52 Å². The topological polar surface area (TPSA) is 69.1 Å². The highest BCUT2D eigenvalue weighted by Crippen LogP contribution is 2.03. The molecule has 0 aromatic carbocycles. The lowest BCUT2D eigenvalue weighted by Gasteiger charge is -1.99. The summed E-state index contributed by atoms with van der Waals surface area (Å²) in [4.78, 5) is 8.28. The van der Waals surface area contributed by atoms with Crippen LogP contribution in [-0.2, 0) is 6.42 Å². The fourth-order valence-electron chi connectivity index (χ4n) is 1.05. The van der Waals surface area contributed by atoms with Crippen molar-refractivity contribution in [1.29, 1.82) is 0 Å². The molecule has 0 unspecified atom stereocenters. The molecule has 0 saturated carbocycles. The van der Waals surface area contributed by atoms with Crippen molar-refractivity contribution < 1.29 is 0 Å². The highest BCUT2D eigenvalue weighted by atomic mass is 15.3. The van der Waals surface area contributed by atoms with E-state index in [0.29, 0.717) is 5.95 Å². The van der Waals surface area contributed by atoms with Crippen LogP contribution in [0.4, 0.5) is 5.95 Å². The zero-order valence-corrected chi connectivity index (χ0v) is 6.73. The summed E-state index contributed by atoms with van der Waals surface area (Å²) < 4.78 is 1.51. The van der Waals surface area contributed by atoms with Crippen molar-refractivity contribution in [1.82, 2.24) is 19.6 Å². The first kappa shape index (κ1) is 7.02. The van der Waals surface area contributed by atoms with Crippen LogP contribution < -0.4 is 5.73 Å². The second-order valence-corrected chi connectivity index (χ2v) is 2.45. The smallest absolute Gasteiger partial charge is 0.224 e. The lowest BCUT2D eigenvalue weighted by molar-refractivity contribution is 0.855. The number of hydrogen-bond donors (Lipinski definition) is 1. The molecule has 2 aromatic heterocycles. The van der Waals surface area contributed by atoms with Crippen molar-refractivity contribution in [3.63, 3.8) is 0 Å².